The summed E-state index contributed by atoms with van der Waals surface area (Å²) in [5.41, 5.74) is 0.526. The first-order valence-corrected chi connectivity index (χ1v) is 5.93. The Balaban J connectivity index is 2.27. The van der Waals surface area contributed by atoms with Crippen LogP contribution in [0.5, 0.6) is 0 Å². The van der Waals surface area contributed by atoms with Crippen LogP contribution in [0, 0.1) is 5.82 Å². The molecule has 0 saturated heterocycles. The maximum atomic E-state index is 13.9. The van der Waals surface area contributed by atoms with E-state index in [0.29, 0.717) is 11.7 Å². The molecule has 0 unspecified atom stereocenters. The molecule has 1 N–H and O–H groups in total. The van der Waals surface area contributed by atoms with Gasteiger partial charge in [0.05, 0.1) is 11.3 Å². The number of hydrogen-bond acceptors (Lipinski definition) is 2. The molecule has 0 amide bonds. The van der Waals surface area contributed by atoms with Crippen molar-refractivity contribution >= 4 is 11.7 Å². The highest BCUT2D eigenvalue weighted by Gasteiger charge is 2.30. The number of carboxylic acid groups (broad SMARTS) is 1. The van der Waals surface area contributed by atoms with Gasteiger partial charge in [0.2, 0.25) is 0 Å². The van der Waals surface area contributed by atoms with E-state index in [1.54, 1.807) is 6.07 Å². The van der Waals surface area contributed by atoms with Crippen molar-refractivity contribution in [3.63, 3.8) is 0 Å². The number of anilines is 1. The number of hydrogen-bond donors (Lipinski definition) is 1. The highest BCUT2D eigenvalue weighted by Crippen LogP contribution is 2.33. The smallest absolute Gasteiger partial charge is 0.335 e. The third-order valence-corrected chi connectivity index (χ3v) is 2.96. The Kier molecular flexibility index (Phi) is 3.31. The van der Waals surface area contributed by atoms with Gasteiger partial charge in [-0.05, 0) is 37.5 Å². The molecule has 3 nitrogen and oxygen atoms in total. The van der Waals surface area contributed by atoms with Crippen LogP contribution in [0.15, 0.2) is 18.2 Å². The first-order chi connectivity index (χ1) is 8.13. The van der Waals surface area contributed by atoms with Gasteiger partial charge in [-0.2, -0.15) is 0 Å². The van der Waals surface area contributed by atoms with Gasteiger partial charge in [-0.1, -0.05) is 6.92 Å². The third kappa shape index (κ3) is 2.57. The molecule has 17 heavy (non-hydrogen) atoms. The van der Waals surface area contributed by atoms with E-state index in [1.165, 1.54) is 6.07 Å². The van der Waals surface area contributed by atoms with Crippen molar-refractivity contribution in [2.75, 3.05) is 11.4 Å². The molecule has 1 saturated carbocycles. The van der Waals surface area contributed by atoms with Crippen LogP contribution >= 0.6 is 0 Å². The summed E-state index contributed by atoms with van der Waals surface area (Å²) in [6.45, 7) is 2.87. The molecular weight excluding hydrogens is 221 g/mol. The Morgan fingerprint density at radius 3 is 2.71 bits per heavy atom. The number of nitrogens with zero attached hydrogens (tertiary/aromatic N) is 1. The molecule has 1 aliphatic carbocycles. The van der Waals surface area contributed by atoms with Crippen molar-refractivity contribution in [3.05, 3.63) is 29.6 Å². The standard InChI is InChI=1S/C13H16FNO2/c1-2-7-15(10-4-5-10)12-6-3-9(13(16)17)8-11(12)14/h3,6,8,10H,2,4-5,7H2,1H3,(H,16,17). The molecule has 1 aromatic rings. The lowest BCUT2D eigenvalue weighted by atomic mass is 10.1. The molecule has 0 radical (unpaired) electrons. The SMILES string of the molecule is CCCN(c1ccc(C(=O)O)cc1F)C1CC1. The van der Waals surface area contributed by atoms with Crippen molar-refractivity contribution in [1.29, 1.82) is 0 Å². The second-order valence-corrected chi connectivity index (χ2v) is 4.40. The monoisotopic (exact) mass is 237 g/mol. The maximum Gasteiger partial charge on any atom is 0.335 e. The van der Waals surface area contributed by atoms with Crippen LogP contribution in [0.4, 0.5) is 10.1 Å². The first-order valence-electron chi connectivity index (χ1n) is 5.93. The van der Waals surface area contributed by atoms with E-state index in [-0.39, 0.29) is 5.56 Å². The fourth-order valence-electron chi connectivity index (χ4n) is 2.00. The van der Waals surface area contributed by atoms with Crippen LogP contribution in [0.2, 0.25) is 0 Å². The number of halogens is 1. The number of benzene rings is 1. The first kappa shape index (κ1) is 11.9. The van der Waals surface area contributed by atoms with Gasteiger partial charge >= 0.3 is 5.97 Å². The summed E-state index contributed by atoms with van der Waals surface area (Å²) in [6.07, 6.45) is 3.15. The van der Waals surface area contributed by atoms with Gasteiger partial charge in [0.1, 0.15) is 5.82 Å². The van der Waals surface area contributed by atoms with Gasteiger partial charge in [0.15, 0.2) is 0 Å². The Hall–Kier alpha value is -1.58. The van der Waals surface area contributed by atoms with Crippen molar-refractivity contribution in [2.24, 2.45) is 0 Å². The summed E-state index contributed by atoms with van der Waals surface area (Å²) < 4.78 is 13.9. The van der Waals surface area contributed by atoms with Gasteiger partial charge in [0, 0.05) is 12.6 Å². The minimum absolute atomic E-state index is 0.00139. The molecule has 1 aliphatic rings. The van der Waals surface area contributed by atoms with Gasteiger partial charge in [0.25, 0.3) is 0 Å². The Morgan fingerprint density at radius 2 is 2.24 bits per heavy atom. The van der Waals surface area contributed by atoms with Crippen molar-refractivity contribution in [1.82, 2.24) is 0 Å². The van der Waals surface area contributed by atoms with Crippen LogP contribution < -0.4 is 4.90 Å². The summed E-state index contributed by atoms with van der Waals surface area (Å²) >= 11 is 0. The highest BCUT2D eigenvalue weighted by molar-refractivity contribution is 5.88. The molecule has 1 fully saturated rings. The summed E-state index contributed by atoms with van der Waals surface area (Å²) in [5, 5.41) is 8.78. The van der Waals surface area contributed by atoms with E-state index in [1.807, 2.05) is 4.90 Å². The van der Waals surface area contributed by atoms with Crippen LogP contribution in [-0.4, -0.2) is 23.7 Å². The average molecular weight is 237 g/mol. The number of rotatable bonds is 5. The molecule has 0 atom stereocenters. The predicted octanol–water partition coefficient (Wildman–Crippen LogP) is 2.90. The van der Waals surface area contributed by atoms with Crippen molar-refractivity contribution in [2.45, 2.75) is 32.2 Å². The molecule has 0 aromatic heterocycles. The summed E-state index contributed by atoms with van der Waals surface area (Å²) in [7, 11) is 0. The lowest BCUT2D eigenvalue weighted by Crippen LogP contribution is -2.27. The molecule has 1 aromatic carbocycles. The number of carboxylic acids is 1. The van der Waals surface area contributed by atoms with Gasteiger partial charge in [-0.15, -0.1) is 0 Å². The molecule has 2 rings (SSSR count). The quantitative estimate of drug-likeness (QED) is 0.856. The van der Waals surface area contributed by atoms with E-state index in [2.05, 4.69) is 6.92 Å². The fraction of sp³-hybridized carbons (Fsp3) is 0.462. The van der Waals surface area contributed by atoms with E-state index in [0.717, 1.165) is 31.9 Å². The highest BCUT2D eigenvalue weighted by atomic mass is 19.1. The summed E-state index contributed by atoms with van der Waals surface area (Å²) in [5.74, 6) is -1.53. The molecule has 0 aliphatic heterocycles. The largest absolute Gasteiger partial charge is 0.478 e. The molecule has 0 spiro atoms. The minimum atomic E-state index is -1.09. The van der Waals surface area contributed by atoms with E-state index < -0.39 is 11.8 Å². The summed E-state index contributed by atoms with van der Waals surface area (Å²) in [6, 6.07) is 4.57. The van der Waals surface area contributed by atoms with Crippen LogP contribution in [-0.2, 0) is 0 Å². The Bertz CT molecular complexity index is 429. The van der Waals surface area contributed by atoms with Crippen LogP contribution in [0.25, 0.3) is 0 Å². The maximum absolute atomic E-state index is 13.9. The molecule has 92 valence electrons. The van der Waals surface area contributed by atoms with E-state index in [9.17, 15) is 9.18 Å². The normalized spacial score (nSPS) is 14.7. The van der Waals surface area contributed by atoms with Gasteiger partial charge < -0.3 is 10.0 Å². The van der Waals surface area contributed by atoms with Crippen molar-refractivity contribution < 1.29 is 14.3 Å². The molecular formula is C13H16FNO2. The van der Waals surface area contributed by atoms with Crippen LogP contribution in [0.3, 0.4) is 0 Å². The second kappa shape index (κ2) is 4.73. The molecule has 0 bridgehead atoms. The number of carbonyl (C=O) groups is 1. The third-order valence-electron chi connectivity index (χ3n) is 2.96. The lowest BCUT2D eigenvalue weighted by Gasteiger charge is -2.24. The zero-order valence-electron chi connectivity index (χ0n) is 9.82. The lowest BCUT2D eigenvalue weighted by molar-refractivity contribution is 0.0696. The average Bonchev–Trinajstić information content (AvgIpc) is 3.10. The zero-order valence-corrected chi connectivity index (χ0v) is 9.82. The fourth-order valence-corrected chi connectivity index (χ4v) is 2.00. The molecule has 0 heterocycles. The second-order valence-electron chi connectivity index (χ2n) is 4.40. The van der Waals surface area contributed by atoms with Gasteiger partial charge in [-0.3, -0.25) is 0 Å². The zero-order chi connectivity index (χ0) is 12.4. The predicted molar refractivity (Wildman–Crippen MR) is 64.0 cm³/mol. The minimum Gasteiger partial charge on any atom is -0.478 e. The van der Waals surface area contributed by atoms with Crippen LogP contribution in [0.1, 0.15) is 36.5 Å². The Labute approximate surface area is 99.9 Å². The molecule has 4 heteroatoms. The van der Waals surface area contributed by atoms with E-state index in [4.69, 9.17) is 5.11 Å². The van der Waals surface area contributed by atoms with Gasteiger partial charge in [-0.25, -0.2) is 9.18 Å². The topological polar surface area (TPSA) is 40.5 Å². The van der Waals surface area contributed by atoms with E-state index >= 15 is 0 Å². The summed E-state index contributed by atoms with van der Waals surface area (Å²) in [4.78, 5) is 12.8. The van der Waals surface area contributed by atoms with Crippen molar-refractivity contribution in [3.8, 4) is 0 Å². The number of aromatic carboxylic acids is 1. The Morgan fingerprint density at radius 1 is 1.53 bits per heavy atom.